The molecule has 0 saturated carbocycles. The predicted octanol–water partition coefficient (Wildman–Crippen LogP) is 3.86. The number of halogens is 1. The molecule has 0 aliphatic carbocycles. The Morgan fingerprint density at radius 2 is 2.05 bits per heavy atom. The van der Waals surface area contributed by atoms with Gasteiger partial charge >= 0.3 is 0 Å². The third kappa shape index (κ3) is 2.85. The van der Waals surface area contributed by atoms with E-state index in [4.69, 9.17) is 17.3 Å². The van der Waals surface area contributed by atoms with Gasteiger partial charge in [0, 0.05) is 12.7 Å². The molecular weight excluding hydrogens is 284 g/mol. The van der Waals surface area contributed by atoms with E-state index in [1.165, 1.54) is 5.56 Å². The second-order valence-electron chi connectivity index (χ2n) is 5.22. The topological polar surface area (TPSA) is 56.7 Å². The van der Waals surface area contributed by atoms with E-state index in [2.05, 4.69) is 41.2 Å². The maximum atomic E-state index is 6.00. The van der Waals surface area contributed by atoms with Crippen molar-refractivity contribution in [3.05, 3.63) is 53.2 Å². The third-order valence-electron chi connectivity index (χ3n) is 3.74. The van der Waals surface area contributed by atoms with Crippen LogP contribution in [-0.4, -0.2) is 14.5 Å². The number of nitrogen functional groups attached to an aromatic ring is 1. The molecule has 0 amide bonds. The molecule has 0 radical (unpaired) electrons. The van der Waals surface area contributed by atoms with Crippen molar-refractivity contribution in [2.45, 2.75) is 25.8 Å². The fourth-order valence-corrected chi connectivity index (χ4v) is 2.65. The van der Waals surface area contributed by atoms with Crippen LogP contribution in [0.1, 0.15) is 24.8 Å². The lowest BCUT2D eigenvalue weighted by Gasteiger charge is -2.13. The molecule has 4 nitrogen and oxygen atoms in total. The van der Waals surface area contributed by atoms with Crippen molar-refractivity contribution in [1.82, 2.24) is 14.5 Å². The van der Waals surface area contributed by atoms with Gasteiger partial charge in [0.1, 0.15) is 5.52 Å². The molecule has 1 atom stereocenters. The quantitative estimate of drug-likeness (QED) is 0.796. The van der Waals surface area contributed by atoms with Gasteiger partial charge in [-0.3, -0.25) is 4.57 Å². The summed E-state index contributed by atoms with van der Waals surface area (Å²) in [6.45, 7) is 3.00. The first-order chi connectivity index (χ1) is 10.1. The van der Waals surface area contributed by atoms with E-state index < -0.39 is 0 Å². The summed E-state index contributed by atoms with van der Waals surface area (Å²) < 4.78 is 1.95. The van der Waals surface area contributed by atoms with Gasteiger partial charge in [-0.1, -0.05) is 48.9 Å². The van der Waals surface area contributed by atoms with E-state index in [0.717, 1.165) is 24.1 Å². The summed E-state index contributed by atoms with van der Waals surface area (Å²) in [6, 6.07) is 12.3. The molecule has 2 N–H and O–H groups in total. The fraction of sp³-hybridized carbons (Fsp3) is 0.250. The lowest BCUT2D eigenvalue weighted by molar-refractivity contribution is 0.588. The van der Waals surface area contributed by atoms with Crippen molar-refractivity contribution < 1.29 is 0 Å². The molecule has 0 fully saturated rings. The summed E-state index contributed by atoms with van der Waals surface area (Å²) in [4.78, 5) is 8.66. The summed E-state index contributed by atoms with van der Waals surface area (Å²) >= 11 is 5.94. The molecule has 21 heavy (non-hydrogen) atoms. The Morgan fingerprint density at radius 1 is 1.29 bits per heavy atom. The van der Waals surface area contributed by atoms with Gasteiger partial charge in [-0.05, 0) is 24.0 Å². The first-order valence-corrected chi connectivity index (χ1v) is 7.35. The summed E-state index contributed by atoms with van der Waals surface area (Å²) in [5.74, 6) is 0.940. The van der Waals surface area contributed by atoms with Gasteiger partial charge < -0.3 is 5.73 Å². The molecule has 5 heteroatoms. The van der Waals surface area contributed by atoms with E-state index in [-0.39, 0.29) is 0 Å². The van der Waals surface area contributed by atoms with Crippen LogP contribution in [0.15, 0.2) is 42.6 Å². The number of rotatable bonds is 4. The van der Waals surface area contributed by atoms with Gasteiger partial charge in [0.25, 0.3) is 0 Å². The van der Waals surface area contributed by atoms with Gasteiger partial charge in [0.05, 0.1) is 5.02 Å². The maximum absolute atomic E-state index is 6.00. The minimum absolute atomic E-state index is 0.454. The Hall–Kier alpha value is -2.07. The SMILES string of the molecule is CC(CCn1c(N)nc2cc(Cl)cnc21)c1ccccc1. The highest BCUT2D eigenvalue weighted by Gasteiger charge is 2.12. The number of pyridine rings is 1. The summed E-state index contributed by atoms with van der Waals surface area (Å²) in [6.07, 6.45) is 2.60. The highest BCUT2D eigenvalue weighted by Crippen LogP contribution is 2.23. The van der Waals surface area contributed by atoms with Crippen molar-refractivity contribution in [3.63, 3.8) is 0 Å². The fourth-order valence-electron chi connectivity index (χ4n) is 2.50. The zero-order valence-corrected chi connectivity index (χ0v) is 12.6. The molecule has 0 aliphatic rings. The number of nitrogens with two attached hydrogens (primary N) is 1. The number of nitrogens with zero attached hydrogens (tertiary/aromatic N) is 3. The highest BCUT2D eigenvalue weighted by atomic mass is 35.5. The minimum Gasteiger partial charge on any atom is -0.369 e. The third-order valence-corrected chi connectivity index (χ3v) is 3.94. The molecule has 2 heterocycles. The molecule has 0 spiro atoms. The van der Waals surface area contributed by atoms with Crippen LogP contribution in [0, 0.1) is 0 Å². The van der Waals surface area contributed by atoms with Gasteiger partial charge in [-0.2, -0.15) is 0 Å². The lowest BCUT2D eigenvalue weighted by Crippen LogP contribution is -2.07. The molecule has 1 aromatic carbocycles. The van der Waals surface area contributed by atoms with Crippen LogP contribution in [0.25, 0.3) is 11.2 Å². The molecule has 1 unspecified atom stereocenters. The number of anilines is 1. The molecule has 0 saturated heterocycles. The number of fused-ring (bicyclic) bond motifs is 1. The molecule has 108 valence electrons. The summed E-state index contributed by atoms with van der Waals surface area (Å²) in [5, 5.41) is 0.574. The van der Waals surface area contributed by atoms with Crippen LogP contribution < -0.4 is 5.73 Å². The largest absolute Gasteiger partial charge is 0.369 e. The second kappa shape index (κ2) is 5.74. The molecule has 3 aromatic rings. The van der Waals surface area contributed by atoms with Crippen molar-refractivity contribution in [3.8, 4) is 0 Å². The number of aryl methyl sites for hydroxylation is 1. The van der Waals surface area contributed by atoms with Crippen LogP contribution in [-0.2, 0) is 6.54 Å². The van der Waals surface area contributed by atoms with Gasteiger partial charge in [-0.25, -0.2) is 9.97 Å². The van der Waals surface area contributed by atoms with E-state index in [1.54, 1.807) is 12.3 Å². The van der Waals surface area contributed by atoms with Gasteiger partial charge in [-0.15, -0.1) is 0 Å². The number of aromatic nitrogens is 3. The second-order valence-corrected chi connectivity index (χ2v) is 5.65. The first kappa shape index (κ1) is 13.9. The predicted molar refractivity (Wildman–Crippen MR) is 86.4 cm³/mol. The van der Waals surface area contributed by atoms with Crippen LogP contribution in [0.5, 0.6) is 0 Å². The van der Waals surface area contributed by atoms with E-state index in [9.17, 15) is 0 Å². The average Bonchev–Trinajstić information content (AvgIpc) is 2.80. The number of benzene rings is 1. The lowest BCUT2D eigenvalue weighted by atomic mass is 9.98. The molecular formula is C16H17ClN4. The Balaban J connectivity index is 1.81. The first-order valence-electron chi connectivity index (χ1n) is 6.97. The van der Waals surface area contributed by atoms with E-state index in [0.29, 0.717) is 16.9 Å². The van der Waals surface area contributed by atoms with Gasteiger partial charge in [0.15, 0.2) is 5.65 Å². The van der Waals surface area contributed by atoms with Crippen LogP contribution >= 0.6 is 11.6 Å². The summed E-state index contributed by atoms with van der Waals surface area (Å²) in [7, 11) is 0. The molecule has 0 bridgehead atoms. The zero-order valence-electron chi connectivity index (χ0n) is 11.8. The Labute approximate surface area is 128 Å². The molecule has 2 aromatic heterocycles. The van der Waals surface area contributed by atoms with E-state index in [1.807, 2.05) is 10.6 Å². The average molecular weight is 301 g/mol. The molecule has 0 aliphatic heterocycles. The van der Waals surface area contributed by atoms with Gasteiger partial charge in [0.2, 0.25) is 5.95 Å². The highest BCUT2D eigenvalue weighted by molar-refractivity contribution is 6.31. The Morgan fingerprint density at radius 3 is 2.81 bits per heavy atom. The smallest absolute Gasteiger partial charge is 0.202 e. The number of hydrogen-bond acceptors (Lipinski definition) is 3. The monoisotopic (exact) mass is 300 g/mol. The minimum atomic E-state index is 0.454. The Bertz CT molecular complexity index is 752. The van der Waals surface area contributed by atoms with E-state index >= 15 is 0 Å². The number of imidazole rings is 1. The van der Waals surface area contributed by atoms with Crippen molar-refractivity contribution in [1.29, 1.82) is 0 Å². The Kier molecular flexibility index (Phi) is 3.80. The van der Waals surface area contributed by atoms with Crippen molar-refractivity contribution in [2.75, 3.05) is 5.73 Å². The van der Waals surface area contributed by atoms with Crippen LogP contribution in [0.3, 0.4) is 0 Å². The maximum Gasteiger partial charge on any atom is 0.202 e. The van der Waals surface area contributed by atoms with Crippen molar-refractivity contribution in [2.24, 2.45) is 0 Å². The van der Waals surface area contributed by atoms with Crippen molar-refractivity contribution >= 4 is 28.7 Å². The zero-order chi connectivity index (χ0) is 14.8. The van der Waals surface area contributed by atoms with Crippen LogP contribution in [0.2, 0.25) is 5.02 Å². The normalized spacial score (nSPS) is 12.7. The standard InChI is InChI=1S/C16H17ClN4/c1-11(12-5-3-2-4-6-12)7-8-21-15-14(20-16(21)18)9-13(17)10-19-15/h2-6,9-11H,7-8H2,1H3,(H2,18,20). The molecule has 3 rings (SSSR count). The van der Waals surface area contributed by atoms with Crippen LogP contribution in [0.4, 0.5) is 5.95 Å². The number of hydrogen-bond donors (Lipinski definition) is 1. The summed E-state index contributed by atoms with van der Waals surface area (Å²) in [5.41, 5.74) is 8.86.